The molecule has 0 spiro atoms. The fourth-order valence-electron chi connectivity index (χ4n) is 4.03. The van der Waals surface area contributed by atoms with Gasteiger partial charge in [-0.15, -0.1) is 0 Å². The molecule has 4 N–H and O–H groups in total. The van der Waals surface area contributed by atoms with Crippen molar-refractivity contribution in [3.8, 4) is 17.2 Å². The number of nitrogens with two attached hydrogens (primary N) is 1. The average molecular weight is 433 g/mol. The first-order valence-electron chi connectivity index (χ1n) is 10.6. The van der Waals surface area contributed by atoms with Gasteiger partial charge in [-0.1, -0.05) is 6.07 Å². The van der Waals surface area contributed by atoms with Crippen LogP contribution in [0.2, 0.25) is 0 Å². The molecule has 1 saturated heterocycles. The number of benzene rings is 1. The molecule has 166 valence electrons. The number of anilines is 2. The van der Waals surface area contributed by atoms with Gasteiger partial charge < -0.3 is 25.8 Å². The number of nitriles is 1. The summed E-state index contributed by atoms with van der Waals surface area (Å²) < 4.78 is 5.39. The predicted octanol–water partition coefficient (Wildman–Crippen LogP) is 0.587. The molecule has 1 aromatic carbocycles. The first kappa shape index (κ1) is 23.5. The van der Waals surface area contributed by atoms with E-state index in [1.165, 1.54) is 0 Å². The first-order chi connectivity index (χ1) is 14.9. The number of nitrogen functional groups attached to an aromatic ring is 1. The van der Waals surface area contributed by atoms with Crippen LogP contribution in [-0.2, 0) is 4.74 Å². The van der Waals surface area contributed by atoms with Gasteiger partial charge in [-0.3, -0.25) is 4.98 Å². The summed E-state index contributed by atoms with van der Waals surface area (Å²) in [5, 5.41) is 22.2. The SMILES string of the molecule is BC(B)(O)C1CC(NC(=O)OC(C)(C)C)CN1c1cc(-c2cnccc2C#N)ccc1N. The van der Waals surface area contributed by atoms with Gasteiger partial charge in [0, 0.05) is 35.9 Å². The van der Waals surface area contributed by atoms with Crippen LogP contribution in [0.1, 0.15) is 32.8 Å². The van der Waals surface area contributed by atoms with Gasteiger partial charge in [0.2, 0.25) is 0 Å². The minimum absolute atomic E-state index is 0.225. The molecule has 1 aliphatic heterocycles. The van der Waals surface area contributed by atoms with E-state index < -0.39 is 17.1 Å². The second kappa shape index (κ2) is 8.75. The summed E-state index contributed by atoms with van der Waals surface area (Å²) in [5.74, 6) is 0. The maximum atomic E-state index is 12.3. The fourth-order valence-corrected chi connectivity index (χ4v) is 4.03. The highest BCUT2D eigenvalue weighted by atomic mass is 16.6. The zero-order valence-electron chi connectivity index (χ0n) is 19.2. The number of aromatic nitrogens is 1. The minimum atomic E-state index is -1.04. The molecular formula is C22H29B2N5O3. The smallest absolute Gasteiger partial charge is 0.407 e. The zero-order chi connectivity index (χ0) is 23.7. The Labute approximate surface area is 190 Å². The van der Waals surface area contributed by atoms with Crippen LogP contribution in [-0.4, -0.2) is 61.5 Å². The Kier molecular flexibility index (Phi) is 6.42. The molecule has 0 saturated carbocycles. The molecule has 32 heavy (non-hydrogen) atoms. The van der Waals surface area contributed by atoms with Crippen molar-refractivity contribution in [2.75, 3.05) is 17.2 Å². The van der Waals surface area contributed by atoms with Gasteiger partial charge in [-0.25, -0.2) is 4.79 Å². The second-order valence-corrected chi connectivity index (χ2v) is 9.71. The summed E-state index contributed by atoms with van der Waals surface area (Å²) in [6.45, 7) is 5.90. The highest BCUT2D eigenvalue weighted by Crippen LogP contribution is 2.37. The third kappa shape index (κ3) is 5.35. The van der Waals surface area contributed by atoms with E-state index in [1.807, 2.05) is 37.8 Å². The van der Waals surface area contributed by atoms with Crippen LogP contribution in [0, 0.1) is 11.3 Å². The highest BCUT2D eigenvalue weighted by Gasteiger charge is 2.42. The van der Waals surface area contributed by atoms with E-state index in [0.29, 0.717) is 29.8 Å². The lowest BCUT2D eigenvalue weighted by Crippen LogP contribution is -2.51. The van der Waals surface area contributed by atoms with Gasteiger partial charge in [0.1, 0.15) is 21.3 Å². The van der Waals surface area contributed by atoms with E-state index in [2.05, 4.69) is 16.4 Å². The Hall–Kier alpha value is -3.18. The molecule has 8 nitrogen and oxygen atoms in total. The van der Waals surface area contributed by atoms with Crippen molar-refractivity contribution in [3.05, 3.63) is 42.2 Å². The number of alkyl carbamates (subject to hydrolysis) is 1. The number of nitrogens with zero attached hydrogens (tertiary/aromatic N) is 3. The van der Waals surface area contributed by atoms with E-state index in [0.717, 1.165) is 11.3 Å². The number of pyridine rings is 1. The molecular weight excluding hydrogens is 404 g/mol. The number of rotatable bonds is 4. The molecule has 1 amide bonds. The molecule has 1 aliphatic rings. The summed E-state index contributed by atoms with van der Waals surface area (Å²) in [5.41, 5.74) is 9.04. The van der Waals surface area contributed by atoms with Crippen molar-refractivity contribution >= 4 is 33.2 Å². The van der Waals surface area contributed by atoms with Crippen LogP contribution >= 0.6 is 0 Å². The predicted molar refractivity (Wildman–Crippen MR) is 130 cm³/mol. The van der Waals surface area contributed by atoms with Gasteiger partial charge in [0.25, 0.3) is 0 Å². The monoisotopic (exact) mass is 433 g/mol. The third-order valence-electron chi connectivity index (χ3n) is 5.43. The summed E-state index contributed by atoms with van der Waals surface area (Å²) in [4.78, 5) is 18.5. The number of nitrogens with one attached hydrogen (secondary N) is 1. The Morgan fingerprint density at radius 3 is 2.72 bits per heavy atom. The molecule has 0 bridgehead atoms. The van der Waals surface area contributed by atoms with Gasteiger partial charge >= 0.3 is 6.09 Å². The largest absolute Gasteiger partial charge is 0.444 e. The Balaban J connectivity index is 1.94. The molecule has 0 aliphatic carbocycles. The summed E-state index contributed by atoms with van der Waals surface area (Å²) >= 11 is 0. The van der Waals surface area contributed by atoms with Crippen molar-refractivity contribution in [2.24, 2.45) is 0 Å². The normalized spacial score (nSPS) is 18.8. The van der Waals surface area contributed by atoms with E-state index in [9.17, 15) is 15.2 Å². The van der Waals surface area contributed by atoms with Gasteiger partial charge in [0.05, 0.1) is 29.0 Å². The van der Waals surface area contributed by atoms with Crippen LogP contribution in [0.4, 0.5) is 16.2 Å². The molecule has 2 atom stereocenters. The lowest BCUT2D eigenvalue weighted by molar-refractivity contribution is 0.0506. The van der Waals surface area contributed by atoms with Gasteiger partial charge in [-0.2, -0.15) is 5.26 Å². The molecule has 0 radical (unpaired) electrons. The number of hydrogen-bond donors (Lipinski definition) is 3. The summed E-state index contributed by atoms with van der Waals surface area (Å²) in [6, 6.07) is 8.89. The molecule has 2 unspecified atom stereocenters. The highest BCUT2D eigenvalue weighted by molar-refractivity contribution is 6.39. The number of carbonyl (C=O) groups is 1. The lowest BCUT2D eigenvalue weighted by atomic mass is 9.60. The number of ether oxygens (including phenoxy) is 1. The van der Waals surface area contributed by atoms with Crippen molar-refractivity contribution in [2.45, 2.75) is 50.3 Å². The average Bonchev–Trinajstić information content (AvgIpc) is 3.10. The standard InChI is InChI=1S/C22H29B2N5O3/c1-21(2,3)32-20(30)28-15-9-19(22(23,24)31)29(12-15)18-8-13(4-5-17(18)26)16-11-27-7-6-14(16)10-25/h4-8,11,15,19,31H,9,12,23-24,26H2,1-3H3,(H,28,30). The van der Waals surface area contributed by atoms with E-state index >= 15 is 0 Å². The molecule has 2 heterocycles. The Morgan fingerprint density at radius 2 is 2.09 bits per heavy atom. The van der Waals surface area contributed by atoms with E-state index in [4.69, 9.17) is 10.5 Å². The number of carbonyl (C=O) groups excluding carboxylic acids is 1. The van der Waals surface area contributed by atoms with Crippen LogP contribution in [0.5, 0.6) is 0 Å². The molecule has 1 fully saturated rings. The second-order valence-electron chi connectivity index (χ2n) is 9.71. The first-order valence-corrected chi connectivity index (χ1v) is 10.6. The van der Waals surface area contributed by atoms with Gasteiger partial charge in [-0.05, 0) is 51.0 Å². The van der Waals surface area contributed by atoms with Crippen molar-refractivity contribution < 1.29 is 14.6 Å². The third-order valence-corrected chi connectivity index (χ3v) is 5.43. The van der Waals surface area contributed by atoms with Crippen LogP contribution < -0.4 is 16.0 Å². The lowest BCUT2D eigenvalue weighted by Gasteiger charge is -2.36. The summed E-state index contributed by atoms with van der Waals surface area (Å²) in [7, 11) is 3.49. The number of hydrogen-bond acceptors (Lipinski definition) is 7. The van der Waals surface area contributed by atoms with Gasteiger partial charge in [0.15, 0.2) is 0 Å². The van der Waals surface area contributed by atoms with Crippen molar-refractivity contribution in [1.82, 2.24) is 10.3 Å². The minimum Gasteiger partial charge on any atom is -0.444 e. The number of amides is 1. The Morgan fingerprint density at radius 1 is 1.38 bits per heavy atom. The maximum Gasteiger partial charge on any atom is 0.407 e. The molecule has 3 rings (SSSR count). The zero-order valence-corrected chi connectivity index (χ0v) is 19.2. The van der Waals surface area contributed by atoms with E-state index in [1.54, 1.807) is 40.2 Å². The molecule has 10 heteroatoms. The van der Waals surface area contributed by atoms with E-state index in [-0.39, 0.29) is 12.1 Å². The maximum absolute atomic E-state index is 12.3. The molecule has 2 aromatic rings. The quantitative estimate of drug-likeness (QED) is 0.476. The van der Waals surface area contributed by atoms with Crippen molar-refractivity contribution in [3.63, 3.8) is 0 Å². The summed E-state index contributed by atoms with van der Waals surface area (Å²) in [6.07, 6.45) is 3.27. The fraction of sp³-hybridized carbons (Fsp3) is 0.409. The van der Waals surface area contributed by atoms with Crippen LogP contribution in [0.15, 0.2) is 36.7 Å². The Bertz CT molecular complexity index is 1040. The topological polar surface area (TPSA) is 124 Å². The van der Waals surface area contributed by atoms with Crippen molar-refractivity contribution in [1.29, 1.82) is 5.26 Å². The van der Waals surface area contributed by atoms with Crippen LogP contribution in [0.3, 0.4) is 0 Å². The molecule has 1 aromatic heterocycles. The number of aliphatic hydroxyl groups is 1. The van der Waals surface area contributed by atoms with Crippen LogP contribution in [0.25, 0.3) is 11.1 Å².